The van der Waals surface area contributed by atoms with Gasteiger partial charge in [-0.15, -0.1) is 0 Å². The number of hydrogen-bond acceptors (Lipinski definition) is 4. The number of carbonyl (C=O) groups excluding carboxylic acids is 2. The largest absolute Gasteiger partial charge is 0.463 e. The van der Waals surface area contributed by atoms with Gasteiger partial charge in [0.15, 0.2) is 0 Å². The summed E-state index contributed by atoms with van der Waals surface area (Å²) >= 11 is 0. The van der Waals surface area contributed by atoms with Crippen LogP contribution in [0.3, 0.4) is 0 Å². The molecule has 1 aliphatic heterocycles. The normalized spacial score (nSPS) is 20.3. The summed E-state index contributed by atoms with van der Waals surface area (Å²) in [6, 6.07) is 0. The molecule has 1 N–H and O–H groups in total. The van der Waals surface area contributed by atoms with Gasteiger partial charge in [0.25, 0.3) is 0 Å². The van der Waals surface area contributed by atoms with Crippen LogP contribution in [-0.2, 0) is 14.3 Å². The van der Waals surface area contributed by atoms with E-state index in [1.807, 2.05) is 18.7 Å². The molecule has 0 aromatic carbocycles. The van der Waals surface area contributed by atoms with Gasteiger partial charge in [-0.05, 0) is 20.8 Å². The van der Waals surface area contributed by atoms with Crippen molar-refractivity contribution >= 4 is 11.9 Å². The van der Waals surface area contributed by atoms with Crippen LogP contribution in [0.2, 0.25) is 0 Å². The van der Waals surface area contributed by atoms with Crippen LogP contribution < -0.4 is 5.32 Å². The van der Waals surface area contributed by atoms with Crippen molar-refractivity contribution in [1.29, 1.82) is 0 Å². The number of esters is 1. The summed E-state index contributed by atoms with van der Waals surface area (Å²) in [4.78, 5) is 24.8. The van der Waals surface area contributed by atoms with Gasteiger partial charge < -0.3 is 10.1 Å². The van der Waals surface area contributed by atoms with Gasteiger partial charge in [-0.1, -0.05) is 6.08 Å². The van der Waals surface area contributed by atoms with Crippen LogP contribution in [0.15, 0.2) is 12.2 Å². The monoisotopic (exact) mass is 240 g/mol. The first-order valence-corrected chi connectivity index (χ1v) is 5.85. The Hall–Kier alpha value is -1.36. The lowest BCUT2D eigenvalue weighted by atomic mass is 9.99. The average Bonchev–Trinajstić information content (AvgIpc) is 2.25. The van der Waals surface area contributed by atoms with Crippen LogP contribution in [0.5, 0.6) is 0 Å². The number of piperazine rings is 1. The highest BCUT2D eigenvalue weighted by atomic mass is 16.5. The molecule has 0 bridgehead atoms. The maximum atomic E-state index is 11.7. The molecule has 1 fully saturated rings. The quantitative estimate of drug-likeness (QED) is 0.568. The molecule has 17 heavy (non-hydrogen) atoms. The fourth-order valence-corrected chi connectivity index (χ4v) is 1.73. The van der Waals surface area contributed by atoms with Crippen molar-refractivity contribution in [3.05, 3.63) is 12.2 Å². The van der Waals surface area contributed by atoms with Gasteiger partial charge in [0.1, 0.15) is 0 Å². The van der Waals surface area contributed by atoms with Gasteiger partial charge in [-0.25, -0.2) is 4.79 Å². The van der Waals surface area contributed by atoms with Gasteiger partial charge in [0, 0.05) is 25.7 Å². The number of rotatable bonds is 4. The Balaban J connectivity index is 2.51. The van der Waals surface area contributed by atoms with E-state index in [2.05, 4.69) is 5.32 Å². The maximum Gasteiger partial charge on any atom is 0.330 e. The van der Waals surface area contributed by atoms with Crippen molar-refractivity contribution in [2.75, 3.05) is 26.2 Å². The number of carbonyl (C=O) groups is 2. The van der Waals surface area contributed by atoms with E-state index in [-0.39, 0.29) is 11.9 Å². The van der Waals surface area contributed by atoms with E-state index in [4.69, 9.17) is 4.74 Å². The molecule has 5 nitrogen and oxygen atoms in total. The van der Waals surface area contributed by atoms with Gasteiger partial charge in [0.2, 0.25) is 5.91 Å². The van der Waals surface area contributed by atoms with Crippen LogP contribution in [0.25, 0.3) is 0 Å². The third-order valence-corrected chi connectivity index (χ3v) is 2.88. The van der Waals surface area contributed by atoms with Crippen LogP contribution in [-0.4, -0.2) is 48.6 Å². The molecular formula is C12H20N2O3. The summed E-state index contributed by atoms with van der Waals surface area (Å²) < 4.78 is 4.78. The first kappa shape index (κ1) is 13.7. The molecule has 0 atom stereocenters. The van der Waals surface area contributed by atoms with Gasteiger partial charge in [0.05, 0.1) is 12.1 Å². The molecule has 1 heterocycles. The predicted molar refractivity (Wildman–Crippen MR) is 64.4 cm³/mol. The number of nitrogens with zero attached hydrogens (tertiary/aromatic N) is 1. The molecule has 0 aliphatic carbocycles. The molecule has 1 saturated heterocycles. The Morgan fingerprint density at radius 1 is 1.59 bits per heavy atom. The van der Waals surface area contributed by atoms with Crippen molar-refractivity contribution in [1.82, 2.24) is 10.2 Å². The van der Waals surface area contributed by atoms with Crippen molar-refractivity contribution in [2.24, 2.45) is 0 Å². The minimum atomic E-state index is -0.531. The summed E-state index contributed by atoms with van der Waals surface area (Å²) in [6.07, 6.45) is 3.14. The molecule has 0 unspecified atom stereocenters. The zero-order valence-corrected chi connectivity index (χ0v) is 10.7. The number of hydrogen-bond donors (Lipinski definition) is 1. The maximum absolute atomic E-state index is 11.7. The zero-order valence-electron chi connectivity index (χ0n) is 10.7. The van der Waals surface area contributed by atoms with Gasteiger partial charge >= 0.3 is 5.97 Å². The third-order valence-electron chi connectivity index (χ3n) is 2.88. The van der Waals surface area contributed by atoms with E-state index in [1.54, 1.807) is 13.0 Å². The van der Waals surface area contributed by atoms with Crippen molar-refractivity contribution in [3.63, 3.8) is 0 Å². The Morgan fingerprint density at radius 2 is 2.29 bits per heavy atom. The summed E-state index contributed by atoms with van der Waals surface area (Å²) in [5.74, 6) is -0.319. The molecule has 1 aliphatic rings. The smallest absolute Gasteiger partial charge is 0.330 e. The Kier molecular flexibility index (Phi) is 4.69. The standard InChI is InChI=1S/C12H20N2O3/c1-4-17-10(15)6-5-8-14-9-7-13-11(16)12(14,2)3/h5-6H,4,7-9H2,1-3H3,(H,13,16)/b6-5+. The Bertz CT molecular complexity index is 324. The highest BCUT2D eigenvalue weighted by Gasteiger charge is 2.36. The zero-order chi connectivity index (χ0) is 12.9. The molecular weight excluding hydrogens is 220 g/mol. The summed E-state index contributed by atoms with van der Waals surface area (Å²) in [5, 5.41) is 2.83. The lowest BCUT2D eigenvalue weighted by Crippen LogP contribution is -2.61. The Morgan fingerprint density at radius 3 is 2.94 bits per heavy atom. The molecule has 1 amide bonds. The first-order chi connectivity index (χ1) is 7.98. The molecule has 5 heteroatoms. The van der Waals surface area contributed by atoms with Gasteiger partial charge in [-0.2, -0.15) is 0 Å². The van der Waals surface area contributed by atoms with E-state index in [0.29, 0.717) is 19.7 Å². The van der Waals surface area contributed by atoms with Crippen LogP contribution in [0.1, 0.15) is 20.8 Å². The minimum Gasteiger partial charge on any atom is -0.463 e. The van der Waals surface area contributed by atoms with E-state index in [9.17, 15) is 9.59 Å². The summed E-state index contributed by atoms with van der Waals surface area (Å²) in [7, 11) is 0. The summed E-state index contributed by atoms with van der Waals surface area (Å²) in [6.45, 7) is 7.89. The molecule has 0 saturated carbocycles. The lowest BCUT2D eigenvalue weighted by molar-refractivity contribution is -0.137. The highest BCUT2D eigenvalue weighted by Crippen LogP contribution is 2.16. The molecule has 96 valence electrons. The first-order valence-electron chi connectivity index (χ1n) is 5.85. The van der Waals surface area contributed by atoms with Crippen LogP contribution in [0.4, 0.5) is 0 Å². The van der Waals surface area contributed by atoms with E-state index in [1.165, 1.54) is 6.08 Å². The average molecular weight is 240 g/mol. The SMILES string of the molecule is CCOC(=O)/C=C/CN1CCNC(=O)C1(C)C. The third kappa shape index (κ3) is 3.56. The predicted octanol–water partition coefficient (Wildman–Crippen LogP) is 0.316. The van der Waals surface area contributed by atoms with E-state index < -0.39 is 5.54 Å². The topological polar surface area (TPSA) is 58.6 Å². The second-order valence-corrected chi connectivity index (χ2v) is 4.42. The second kappa shape index (κ2) is 5.82. The molecule has 0 aromatic rings. The van der Waals surface area contributed by atoms with E-state index >= 15 is 0 Å². The fourth-order valence-electron chi connectivity index (χ4n) is 1.73. The molecule has 0 radical (unpaired) electrons. The lowest BCUT2D eigenvalue weighted by Gasteiger charge is -2.40. The second-order valence-electron chi connectivity index (χ2n) is 4.42. The van der Waals surface area contributed by atoms with Crippen LogP contribution in [0, 0.1) is 0 Å². The number of amides is 1. The number of ether oxygens (including phenoxy) is 1. The summed E-state index contributed by atoms with van der Waals surface area (Å²) in [5.41, 5.74) is -0.531. The van der Waals surface area contributed by atoms with Crippen molar-refractivity contribution in [2.45, 2.75) is 26.3 Å². The molecule has 1 rings (SSSR count). The van der Waals surface area contributed by atoms with Crippen LogP contribution >= 0.6 is 0 Å². The number of nitrogens with one attached hydrogen (secondary N) is 1. The van der Waals surface area contributed by atoms with Crippen molar-refractivity contribution < 1.29 is 14.3 Å². The molecule has 0 spiro atoms. The molecule has 0 aromatic heterocycles. The fraction of sp³-hybridized carbons (Fsp3) is 0.667. The Labute approximate surface area is 102 Å². The van der Waals surface area contributed by atoms with Gasteiger partial charge in [-0.3, -0.25) is 9.69 Å². The highest BCUT2D eigenvalue weighted by molar-refractivity contribution is 5.86. The van der Waals surface area contributed by atoms with Crippen molar-refractivity contribution in [3.8, 4) is 0 Å². The minimum absolute atomic E-state index is 0.0216. The van der Waals surface area contributed by atoms with E-state index in [0.717, 1.165) is 6.54 Å².